The van der Waals surface area contributed by atoms with Crippen LogP contribution in [0.15, 0.2) is 35.9 Å². The molecule has 2 aliphatic rings. The quantitative estimate of drug-likeness (QED) is 0.576. The molecule has 2 heteroatoms. The summed E-state index contributed by atoms with van der Waals surface area (Å²) >= 11 is 4.00. The summed E-state index contributed by atoms with van der Waals surface area (Å²) in [5, 5.41) is 0. The van der Waals surface area contributed by atoms with Crippen molar-refractivity contribution in [3.63, 3.8) is 0 Å². The van der Waals surface area contributed by atoms with Crippen LogP contribution in [-0.2, 0) is 0 Å². The van der Waals surface area contributed by atoms with Gasteiger partial charge in [0.1, 0.15) is 0 Å². The van der Waals surface area contributed by atoms with Crippen molar-refractivity contribution in [2.45, 2.75) is 40.5 Å². The topological polar surface area (TPSA) is 0 Å². The SMILES string of the molecule is CC1=CC(C(C)(C)C2c3sc(C)cc3-c3cc(C)sc32)C=C1. The van der Waals surface area contributed by atoms with Crippen LogP contribution in [0.1, 0.15) is 46.2 Å². The molecule has 0 aromatic carbocycles. The van der Waals surface area contributed by atoms with Crippen molar-refractivity contribution in [2.24, 2.45) is 11.3 Å². The number of rotatable bonds is 2. The zero-order chi connectivity index (χ0) is 15.6. The second-order valence-corrected chi connectivity index (χ2v) is 9.90. The Balaban J connectivity index is 1.89. The Morgan fingerprint density at radius 3 is 1.91 bits per heavy atom. The molecule has 0 spiro atoms. The van der Waals surface area contributed by atoms with E-state index in [1.54, 1.807) is 9.75 Å². The van der Waals surface area contributed by atoms with Crippen LogP contribution in [0.3, 0.4) is 0 Å². The molecule has 0 saturated carbocycles. The molecule has 114 valence electrons. The van der Waals surface area contributed by atoms with Gasteiger partial charge in [0.15, 0.2) is 0 Å². The summed E-state index contributed by atoms with van der Waals surface area (Å²) in [5.41, 5.74) is 4.62. The van der Waals surface area contributed by atoms with Crippen LogP contribution in [0.25, 0.3) is 11.1 Å². The zero-order valence-electron chi connectivity index (χ0n) is 13.9. The maximum Gasteiger partial charge on any atom is 0.0350 e. The van der Waals surface area contributed by atoms with E-state index in [0.717, 1.165) is 0 Å². The Bertz CT molecular complexity index is 765. The Morgan fingerprint density at radius 1 is 0.909 bits per heavy atom. The van der Waals surface area contributed by atoms with Crippen LogP contribution >= 0.6 is 22.7 Å². The molecule has 4 rings (SSSR count). The van der Waals surface area contributed by atoms with E-state index >= 15 is 0 Å². The average Bonchev–Trinajstić information content (AvgIpc) is 3.12. The van der Waals surface area contributed by atoms with Gasteiger partial charge in [-0.15, -0.1) is 22.7 Å². The zero-order valence-corrected chi connectivity index (χ0v) is 15.5. The number of hydrogen-bond donors (Lipinski definition) is 0. The number of allylic oxidation sites excluding steroid dienone is 4. The Labute approximate surface area is 141 Å². The molecule has 2 aromatic rings. The second kappa shape index (κ2) is 4.69. The molecular weight excluding hydrogens is 304 g/mol. The molecule has 0 nitrogen and oxygen atoms in total. The monoisotopic (exact) mass is 326 g/mol. The van der Waals surface area contributed by atoms with Gasteiger partial charge in [-0.05, 0) is 49.4 Å². The second-order valence-electron chi connectivity index (χ2n) is 7.32. The minimum Gasteiger partial charge on any atom is -0.144 e. The molecule has 2 aromatic heterocycles. The summed E-state index contributed by atoms with van der Waals surface area (Å²) < 4.78 is 0. The van der Waals surface area contributed by atoms with E-state index in [2.05, 4.69) is 65.0 Å². The molecule has 0 N–H and O–H groups in total. The Hall–Kier alpha value is -1.12. The summed E-state index contributed by atoms with van der Waals surface area (Å²) in [6.45, 7) is 11.6. The van der Waals surface area contributed by atoms with Crippen molar-refractivity contribution in [3.8, 4) is 11.1 Å². The number of fused-ring (bicyclic) bond motifs is 3. The maximum absolute atomic E-state index is 2.45. The smallest absolute Gasteiger partial charge is 0.0350 e. The van der Waals surface area contributed by atoms with E-state index in [1.165, 1.54) is 26.5 Å². The van der Waals surface area contributed by atoms with Crippen molar-refractivity contribution in [1.82, 2.24) is 0 Å². The minimum absolute atomic E-state index is 0.211. The van der Waals surface area contributed by atoms with Gasteiger partial charge in [-0.2, -0.15) is 0 Å². The fourth-order valence-electron chi connectivity index (χ4n) is 4.01. The highest BCUT2D eigenvalue weighted by Crippen LogP contribution is 2.60. The van der Waals surface area contributed by atoms with E-state index in [0.29, 0.717) is 11.8 Å². The fraction of sp³-hybridized carbons (Fsp3) is 0.400. The molecule has 22 heavy (non-hydrogen) atoms. The summed E-state index contributed by atoms with van der Waals surface area (Å²) in [7, 11) is 0. The lowest BCUT2D eigenvalue weighted by Crippen LogP contribution is -2.27. The van der Waals surface area contributed by atoms with Crippen molar-refractivity contribution in [3.05, 3.63) is 55.4 Å². The molecule has 1 unspecified atom stereocenters. The third-order valence-electron chi connectivity index (χ3n) is 5.19. The summed E-state index contributed by atoms with van der Waals surface area (Å²) in [6.07, 6.45) is 7.12. The number of aryl methyl sites for hydroxylation is 2. The molecular formula is C20H22S2. The van der Waals surface area contributed by atoms with Gasteiger partial charge < -0.3 is 0 Å². The predicted octanol–water partition coefficient (Wildman–Crippen LogP) is 6.70. The summed E-state index contributed by atoms with van der Waals surface area (Å²) in [4.78, 5) is 6.06. The van der Waals surface area contributed by atoms with Crippen molar-refractivity contribution < 1.29 is 0 Å². The minimum atomic E-state index is 0.211. The highest BCUT2D eigenvalue weighted by Gasteiger charge is 2.45. The predicted molar refractivity (Wildman–Crippen MR) is 99.1 cm³/mol. The fourth-order valence-corrected chi connectivity index (χ4v) is 6.77. The van der Waals surface area contributed by atoms with Gasteiger partial charge in [0.25, 0.3) is 0 Å². The third-order valence-corrected chi connectivity index (χ3v) is 7.43. The van der Waals surface area contributed by atoms with Gasteiger partial charge in [-0.1, -0.05) is 37.6 Å². The van der Waals surface area contributed by atoms with E-state index in [9.17, 15) is 0 Å². The van der Waals surface area contributed by atoms with Crippen LogP contribution < -0.4 is 0 Å². The van der Waals surface area contributed by atoms with Crippen LogP contribution in [0.5, 0.6) is 0 Å². The van der Waals surface area contributed by atoms with Gasteiger partial charge in [0.05, 0.1) is 0 Å². The average molecular weight is 327 g/mol. The molecule has 2 aliphatic carbocycles. The molecule has 0 saturated heterocycles. The van der Waals surface area contributed by atoms with E-state index in [4.69, 9.17) is 0 Å². The normalized spacial score (nSPS) is 20.4. The first-order valence-electron chi connectivity index (χ1n) is 7.95. The number of thiophene rings is 2. The highest BCUT2D eigenvalue weighted by molar-refractivity contribution is 7.15. The molecule has 0 fully saturated rings. The lowest BCUT2D eigenvalue weighted by Gasteiger charge is -2.36. The van der Waals surface area contributed by atoms with Gasteiger partial charge in [0, 0.05) is 31.3 Å². The van der Waals surface area contributed by atoms with E-state index in [-0.39, 0.29) is 5.41 Å². The van der Waals surface area contributed by atoms with Gasteiger partial charge in [0.2, 0.25) is 0 Å². The number of hydrogen-bond acceptors (Lipinski definition) is 2. The van der Waals surface area contributed by atoms with E-state index < -0.39 is 0 Å². The Kier molecular flexibility index (Phi) is 3.08. The first kappa shape index (κ1) is 14.5. The lowest BCUT2D eigenvalue weighted by molar-refractivity contribution is 0.272. The Morgan fingerprint density at radius 2 is 1.45 bits per heavy atom. The van der Waals surface area contributed by atoms with Crippen LogP contribution in [0, 0.1) is 25.2 Å². The standard InChI is InChI=1S/C20H22S2/c1-11-6-7-14(8-11)20(4,5)17-18-15(9-12(2)21-18)16-10-13(3)22-19(16)17/h6-10,14,17H,1-5H3. The molecule has 2 heterocycles. The molecule has 0 bridgehead atoms. The van der Waals surface area contributed by atoms with Crippen molar-refractivity contribution in [2.75, 3.05) is 0 Å². The van der Waals surface area contributed by atoms with E-state index in [1.807, 2.05) is 22.7 Å². The largest absolute Gasteiger partial charge is 0.144 e. The van der Waals surface area contributed by atoms with Crippen LogP contribution in [0.2, 0.25) is 0 Å². The highest BCUT2D eigenvalue weighted by atomic mass is 32.1. The van der Waals surface area contributed by atoms with Crippen LogP contribution in [0.4, 0.5) is 0 Å². The third kappa shape index (κ3) is 1.93. The lowest BCUT2D eigenvalue weighted by atomic mass is 9.69. The molecule has 0 aliphatic heterocycles. The summed E-state index contributed by atoms with van der Waals surface area (Å²) in [5.74, 6) is 1.06. The molecule has 0 radical (unpaired) electrons. The first-order chi connectivity index (χ1) is 10.4. The van der Waals surface area contributed by atoms with Gasteiger partial charge >= 0.3 is 0 Å². The van der Waals surface area contributed by atoms with Gasteiger partial charge in [-0.25, -0.2) is 0 Å². The maximum atomic E-state index is 2.45. The van der Waals surface area contributed by atoms with Crippen LogP contribution in [-0.4, -0.2) is 0 Å². The summed E-state index contributed by atoms with van der Waals surface area (Å²) in [6, 6.07) is 4.79. The van der Waals surface area contributed by atoms with Crippen molar-refractivity contribution in [1.29, 1.82) is 0 Å². The van der Waals surface area contributed by atoms with Gasteiger partial charge in [-0.3, -0.25) is 0 Å². The first-order valence-corrected chi connectivity index (χ1v) is 9.59. The molecule has 1 atom stereocenters. The van der Waals surface area contributed by atoms with Crippen molar-refractivity contribution >= 4 is 22.7 Å². The molecule has 0 amide bonds.